The molecule has 0 radical (unpaired) electrons. The first-order chi connectivity index (χ1) is 14.5. The Morgan fingerprint density at radius 3 is 1.09 bits per heavy atom. The first kappa shape index (κ1) is 37.1. The minimum atomic E-state index is 0. The van der Waals surface area contributed by atoms with Crippen LogP contribution in [0.4, 0.5) is 0 Å². The molecule has 0 spiro atoms. The molecule has 3 fully saturated rings. The largest absolute Gasteiger partial charge is 0.328 e. The fourth-order valence-corrected chi connectivity index (χ4v) is 5.47. The van der Waals surface area contributed by atoms with E-state index in [1.54, 1.807) is 0 Å². The predicted molar refractivity (Wildman–Crippen MR) is 152 cm³/mol. The monoisotopic (exact) mass is 471 g/mol. The molecule has 3 rings (SSSR count). The molecule has 3 aliphatic rings. The van der Waals surface area contributed by atoms with Crippen LogP contribution in [0, 0.1) is 17.8 Å². The Morgan fingerprint density at radius 1 is 0.545 bits per heavy atom. The Hall–Kier alpha value is -0.410. The third-order valence-electron chi connectivity index (χ3n) is 7.54. The molecule has 0 saturated heterocycles. The number of carbonyl (C=O) groups is 1. The first-order valence-corrected chi connectivity index (χ1v) is 13.5. The van der Waals surface area contributed by atoms with Crippen LogP contribution in [0.1, 0.15) is 159 Å². The van der Waals surface area contributed by atoms with Crippen molar-refractivity contribution in [3.05, 3.63) is 0 Å². The van der Waals surface area contributed by atoms with Gasteiger partial charge in [0.2, 0.25) is 0 Å². The molecular formula is C30H66N2O. The smallest absolute Gasteiger partial charge is 0.132 e. The summed E-state index contributed by atoms with van der Waals surface area (Å²) in [6.07, 6.45) is 22.8. The van der Waals surface area contributed by atoms with Crippen LogP contribution in [-0.2, 0) is 4.79 Å². The second-order valence-corrected chi connectivity index (χ2v) is 10.4. The molecule has 0 unspecified atom stereocenters. The summed E-state index contributed by atoms with van der Waals surface area (Å²) in [5.74, 6) is 3.35. The van der Waals surface area contributed by atoms with Gasteiger partial charge in [-0.05, 0) is 82.0 Å². The molecule has 0 bridgehead atoms. The van der Waals surface area contributed by atoms with Crippen molar-refractivity contribution in [1.82, 2.24) is 0 Å². The molecule has 33 heavy (non-hydrogen) atoms. The van der Waals surface area contributed by atoms with Crippen molar-refractivity contribution in [2.45, 2.75) is 171 Å². The van der Waals surface area contributed by atoms with Crippen molar-refractivity contribution in [3.63, 3.8) is 0 Å². The molecule has 3 saturated carbocycles. The average Bonchev–Trinajstić information content (AvgIpc) is 2.75. The van der Waals surface area contributed by atoms with Gasteiger partial charge in [-0.1, -0.05) is 81.6 Å². The SMILES string of the molecule is C.C.C.CCCC1CCC(=O)CC1.CCCC1CCC(N)CC1.CCCC1CCC(N)CC1. The zero-order valence-corrected chi connectivity index (χ0v) is 20.7. The van der Waals surface area contributed by atoms with Crippen LogP contribution in [0.25, 0.3) is 0 Å². The number of carbonyl (C=O) groups excluding carboxylic acids is 1. The van der Waals surface area contributed by atoms with Gasteiger partial charge in [-0.2, -0.15) is 0 Å². The number of ketones is 1. The van der Waals surface area contributed by atoms with Crippen molar-refractivity contribution in [2.24, 2.45) is 29.2 Å². The van der Waals surface area contributed by atoms with Crippen molar-refractivity contribution >= 4 is 5.78 Å². The lowest BCUT2D eigenvalue weighted by Crippen LogP contribution is -2.26. The Kier molecular flexibility index (Phi) is 26.3. The summed E-state index contributed by atoms with van der Waals surface area (Å²) in [4.78, 5) is 10.8. The lowest BCUT2D eigenvalue weighted by atomic mass is 9.84. The average molecular weight is 471 g/mol. The van der Waals surface area contributed by atoms with Crippen LogP contribution in [-0.4, -0.2) is 17.9 Å². The van der Waals surface area contributed by atoms with Gasteiger partial charge in [0.15, 0.2) is 0 Å². The van der Waals surface area contributed by atoms with E-state index >= 15 is 0 Å². The molecule has 202 valence electrons. The molecule has 3 aliphatic carbocycles. The Bertz CT molecular complexity index is 376. The fourth-order valence-electron chi connectivity index (χ4n) is 5.47. The summed E-state index contributed by atoms with van der Waals surface area (Å²) in [7, 11) is 0. The van der Waals surface area contributed by atoms with Gasteiger partial charge in [0.05, 0.1) is 0 Å². The topological polar surface area (TPSA) is 69.1 Å². The van der Waals surface area contributed by atoms with Gasteiger partial charge in [0, 0.05) is 24.9 Å². The van der Waals surface area contributed by atoms with Gasteiger partial charge >= 0.3 is 0 Å². The predicted octanol–water partition coefficient (Wildman–Crippen LogP) is 9.06. The van der Waals surface area contributed by atoms with Crippen molar-refractivity contribution in [3.8, 4) is 0 Å². The normalized spacial score (nSPS) is 27.2. The highest BCUT2D eigenvalue weighted by Gasteiger charge is 2.18. The maximum Gasteiger partial charge on any atom is 0.132 e. The third-order valence-corrected chi connectivity index (χ3v) is 7.54. The van der Waals surface area contributed by atoms with Crippen molar-refractivity contribution in [1.29, 1.82) is 0 Å². The number of hydrogen-bond acceptors (Lipinski definition) is 3. The zero-order valence-electron chi connectivity index (χ0n) is 20.7. The zero-order chi connectivity index (χ0) is 22.2. The lowest BCUT2D eigenvalue weighted by molar-refractivity contribution is -0.121. The minimum absolute atomic E-state index is 0. The second kappa shape index (κ2) is 23.3. The first-order valence-electron chi connectivity index (χ1n) is 13.5. The highest BCUT2D eigenvalue weighted by molar-refractivity contribution is 5.78. The molecule has 0 aliphatic heterocycles. The number of hydrogen-bond donors (Lipinski definition) is 2. The van der Waals surface area contributed by atoms with Crippen LogP contribution in [0.2, 0.25) is 0 Å². The maximum absolute atomic E-state index is 10.8. The van der Waals surface area contributed by atoms with Crippen LogP contribution in [0.15, 0.2) is 0 Å². The summed E-state index contributed by atoms with van der Waals surface area (Å²) >= 11 is 0. The van der Waals surface area contributed by atoms with Crippen molar-refractivity contribution < 1.29 is 4.79 Å². The molecule has 0 aromatic rings. The van der Waals surface area contributed by atoms with E-state index in [4.69, 9.17) is 11.5 Å². The van der Waals surface area contributed by atoms with E-state index in [1.165, 1.54) is 89.9 Å². The van der Waals surface area contributed by atoms with Gasteiger partial charge in [-0.25, -0.2) is 0 Å². The van der Waals surface area contributed by atoms with Crippen LogP contribution >= 0.6 is 0 Å². The third kappa shape index (κ3) is 18.6. The fraction of sp³-hybridized carbons (Fsp3) is 0.967. The molecule has 0 aromatic heterocycles. The number of Topliss-reactive ketones (excluding diaryl/α,β-unsaturated/α-hetero) is 1. The van der Waals surface area contributed by atoms with E-state index in [0.29, 0.717) is 17.9 Å². The van der Waals surface area contributed by atoms with E-state index in [-0.39, 0.29) is 22.3 Å². The van der Waals surface area contributed by atoms with Crippen LogP contribution in [0.5, 0.6) is 0 Å². The van der Waals surface area contributed by atoms with Gasteiger partial charge in [-0.3, -0.25) is 4.79 Å². The highest BCUT2D eigenvalue weighted by atomic mass is 16.1. The molecule has 0 aromatic carbocycles. The minimum Gasteiger partial charge on any atom is -0.328 e. The molecule has 0 heterocycles. The number of rotatable bonds is 6. The van der Waals surface area contributed by atoms with E-state index < -0.39 is 0 Å². The molecule has 3 nitrogen and oxygen atoms in total. The summed E-state index contributed by atoms with van der Waals surface area (Å²) in [5, 5.41) is 0. The summed E-state index contributed by atoms with van der Waals surface area (Å²) in [6.45, 7) is 6.76. The second-order valence-electron chi connectivity index (χ2n) is 10.4. The summed E-state index contributed by atoms with van der Waals surface area (Å²) in [6, 6.07) is 1.04. The molecule has 0 atom stereocenters. The van der Waals surface area contributed by atoms with E-state index in [1.807, 2.05) is 0 Å². The van der Waals surface area contributed by atoms with E-state index in [9.17, 15) is 4.79 Å². The molecule has 0 amide bonds. The molecule has 3 heteroatoms. The summed E-state index contributed by atoms with van der Waals surface area (Å²) in [5.41, 5.74) is 11.6. The lowest BCUT2D eigenvalue weighted by Gasteiger charge is -2.25. The highest BCUT2D eigenvalue weighted by Crippen LogP contribution is 2.27. The van der Waals surface area contributed by atoms with E-state index in [0.717, 1.165) is 43.4 Å². The summed E-state index contributed by atoms with van der Waals surface area (Å²) < 4.78 is 0. The van der Waals surface area contributed by atoms with Gasteiger partial charge < -0.3 is 11.5 Å². The van der Waals surface area contributed by atoms with Crippen LogP contribution < -0.4 is 11.5 Å². The Morgan fingerprint density at radius 2 is 0.818 bits per heavy atom. The van der Waals surface area contributed by atoms with Gasteiger partial charge in [0.25, 0.3) is 0 Å². The van der Waals surface area contributed by atoms with E-state index in [2.05, 4.69) is 20.8 Å². The van der Waals surface area contributed by atoms with Gasteiger partial charge in [-0.15, -0.1) is 0 Å². The maximum atomic E-state index is 10.8. The molecule has 4 N–H and O–H groups in total. The Labute approximate surface area is 210 Å². The Balaban J connectivity index is -0.000000391. The quantitative estimate of drug-likeness (QED) is 0.406. The number of nitrogens with two attached hydrogens (primary N) is 2. The molecular weight excluding hydrogens is 404 g/mol. The standard InChI is InChI=1S/2C9H19N.C9H16O.3CH4/c3*1-2-3-8-4-6-9(10)7-5-8;;;/h2*8-9H,2-7,10H2,1H3;8H,2-7H2,1H3;3*1H4. The van der Waals surface area contributed by atoms with Crippen LogP contribution in [0.3, 0.4) is 0 Å². The van der Waals surface area contributed by atoms with Gasteiger partial charge in [0.1, 0.15) is 5.78 Å². The van der Waals surface area contributed by atoms with Crippen molar-refractivity contribution in [2.75, 3.05) is 0 Å².